The van der Waals surface area contributed by atoms with Crippen molar-refractivity contribution in [3.8, 4) is 0 Å². The molecule has 0 aromatic heterocycles. The molecule has 1 amide bonds. The highest BCUT2D eigenvalue weighted by molar-refractivity contribution is 5.86. The fourth-order valence-electron chi connectivity index (χ4n) is 1.77. The van der Waals surface area contributed by atoms with Crippen molar-refractivity contribution in [1.29, 1.82) is 0 Å². The van der Waals surface area contributed by atoms with E-state index in [2.05, 4.69) is 0 Å². The van der Waals surface area contributed by atoms with E-state index >= 15 is 0 Å². The van der Waals surface area contributed by atoms with E-state index in [1.54, 1.807) is 11.8 Å². The van der Waals surface area contributed by atoms with Crippen LogP contribution in [0.5, 0.6) is 0 Å². The minimum absolute atomic E-state index is 0.0365. The number of esters is 1. The summed E-state index contributed by atoms with van der Waals surface area (Å²) in [6.45, 7) is 4.12. The second-order valence-corrected chi connectivity index (χ2v) is 4.40. The highest BCUT2D eigenvalue weighted by atomic mass is 16.5. The van der Waals surface area contributed by atoms with Gasteiger partial charge in [-0.25, -0.2) is 0 Å². The quantitative estimate of drug-likeness (QED) is 0.666. The number of amides is 1. The van der Waals surface area contributed by atoms with Crippen LogP contribution in [0.15, 0.2) is 0 Å². The molecule has 2 N–H and O–H groups in total. The minimum Gasteiger partial charge on any atom is -0.465 e. The number of carbonyl (C=O) groups is 2. The van der Waals surface area contributed by atoms with Crippen molar-refractivity contribution >= 4 is 11.9 Å². The van der Waals surface area contributed by atoms with Crippen molar-refractivity contribution < 1.29 is 14.3 Å². The van der Waals surface area contributed by atoms with Gasteiger partial charge in [0.15, 0.2) is 0 Å². The molecule has 0 spiro atoms. The van der Waals surface area contributed by atoms with E-state index in [0.29, 0.717) is 13.0 Å². The SMILES string of the molecule is CCC[C@@H](N)C(=O)N(CC(=O)OCC)C1CC1. The van der Waals surface area contributed by atoms with Gasteiger partial charge in [-0.2, -0.15) is 0 Å². The molecule has 1 rings (SSSR count). The van der Waals surface area contributed by atoms with Crippen LogP contribution in [0, 0.1) is 0 Å². The molecule has 0 radical (unpaired) electrons. The lowest BCUT2D eigenvalue weighted by Crippen LogP contribution is -2.47. The zero-order valence-electron chi connectivity index (χ0n) is 10.6. The number of nitrogens with two attached hydrogens (primary N) is 1. The Morgan fingerprint density at radius 3 is 2.53 bits per heavy atom. The first-order valence-electron chi connectivity index (χ1n) is 6.31. The van der Waals surface area contributed by atoms with Crippen LogP contribution in [0.1, 0.15) is 39.5 Å². The molecule has 0 aliphatic heterocycles. The number of hydrogen-bond acceptors (Lipinski definition) is 4. The highest BCUT2D eigenvalue weighted by Gasteiger charge is 2.35. The van der Waals surface area contributed by atoms with Crippen LogP contribution < -0.4 is 5.73 Å². The van der Waals surface area contributed by atoms with Gasteiger partial charge in [-0.15, -0.1) is 0 Å². The zero-order chi connectivity index (χ0) is 12.8. The van der Waals surface area contributed by atoms with E-state index in [4.69, 9.17) is 10.5 Å². The molecule has 5 heteroatoms. The smallest absolute Gasteiger partial charge is 0.325 e. The molecule has 1 saturated carbocycles. The summed E-state index contributed by atoms with van der Waals surface area (Å²) in [6.07, 6.45) is 3.45. The molecule has 1 atom stereocenters. The Balaban J connectivity index is 2.53. The molecule has 0 aromatic carbocycles. The fraction of sp³-hybridized carbons (Fsp3) is 0.833. The Bertz CT molecular complexity index is 277. The van der Waals surface area contributed by atoms with Gasteiger partial charge < -0.3 is 15.4 Å². The van der Waals surface area contributed by atoms with Crippen molar-refractivity contribution in [2.45, 2.75) is 51.6 Å². The van der Waals surface area contributed by atoms with Gasteiger partial charge in [0, 0.05) is 6.04 Å². The normalized spacial score (nSPS) is 16.4. The summed E-state index contributed by atoms with van der Waals surface area (Å²) in [5.41, 5.74) is 5.80. The van der Waals surface area contributed by atoms with E-state index in [-0.39, 0.29) is 24.5 Å². The maximum atomic E-state index is 12.0. The summed E-state index contributed by atoms with van der Waals surface area (Å²) in [5, 5.41) is 0. The van der Waals surface area contributed by atoms with Crippen molar-refractivity contribution in [2.24, 2.45) is 5.73 Å². The molecule has 0 unspecified atom stereocenters. The summed E-state index contributed by atoms with van der Waals surface area (Å²) >= 11 is 0. The number of rotatable bonds is 7. The average Bonchev–Trinajstić information content (AvgIpc) is 3.09. The van der Waals surface area contributed by atoms with E-state index in [1.807, 2.05) is 6.92 Å². The standard InChI is InChI=1S/C12H22N2O3/c1-3-5-10(13)12(16)14(9-6-7-9)8-11(15)17-4-2/h9-10H,3-8,13H2,1-2H3/t10-/m1/s1. The Hall–Kier alpha value is -1.10. The van der Waals surface area contributed by atoms with E-state index < -0.39 is 6.04 Å². The van der Waals surface area contributed by atoms with Gasteiger partial charge in [0.05, 0.1) is 12.6 Å². The molecule has 0 aromatic rings. The fourth-order valence-corrected chi connectivity index (χ4v) is 1.77. The largest absolute Gasteiger partial charge is 0.465 e. The molecule has 1 fully saturated rings. The molecule has 17 heavy (non-hydrogen) atoms. The molecule has 1 aliphatic carbocycles. The minimum atomic E-state index is -0.491. The number of ether oxygens (including phenoxy) is 1. The highest BCUT2D eigenvalue weighted by Crippen LogP contribution is 2.27. The molecule has 5 nitrogen and oxygen atoms in total. The summed E-state index contributed by atoms with van der Waals surface area (Å²) in [7, 11) is 0. The first-order valence-corrected chi connectivity index (χ1v) is 6.31. The summed E-state index contributed by atoms with van der Waals surface area (Å²) in [6, 6.07) is -0.301. The average molecular weight is 242 g/mol. The first-order chi connectivity index (χ1) is 8.10. The van der Waals surface area contributed by atoms with Crippen LogP contribution in [-0.2, 0) is 14.3 Å². The van der Waals surface area contributed by atoms with Gasteiger partial charge in [0.1, 0.15) is 6.54 Å². The molecule has 0 saturated heterocycles. The van der Waals surface area contributed by atoms with E-state index in [9.17, 15) is 9.59 Å². The van der Waals surface area contributed by atoms with Gasteiger partial charge in [0.25, 0.3) is 0 Å². The Labute approximate surface area is 102 Å². The number of nitrogens with zero attached hydrogens (tertiary/aromatic N) is 1. The second kappa shape index (κ2) is 6.59. The van der Waals surface area contributed by atoms with Crippen molar-refractivity contribution in [1.82, 2.24) is 4.90 Å². The van der Waals surface area contributed by atoms with Crippen LogP contribution in [0.4, 0.5) is 0 Å². The summed E-state index contributed by atoms with van der Waals surface area (Å²) in [5.74, 6) is -0.473. The van der Waals surface area contributed by atoms with Gasteiger partial charge in [-0.3, -0.25) is 9.59 Å². The Kier molecular flexibility index (Phi) is 5.41. The monoisotopic (exact) mass is 242 g/mol. The summed E-state index contributed by atoms with van der Waals surface area (Å²) in [4.78, 5) is 25.0. The summed E-state index contributed by atoms with van der Waals surface area (Å²) < 4.78 is 4.87. The topological polar surface area (TPSA) is 72.6 Å². The van der Waals surface area contributed by atoms with E-state index in [0.717, 1.165) is 19.3 Å². The maximum Gasteiger partial charge on any atom is 0.325 e. The zero-order valence-corrected chi connectivity index (χ0v) is 10.6. The van der Waals surface area contributed by atoms with E-state index in [1.165, 1.54) is 0 Å². The second-order valence-electron chi connectivity index (χ2n) is 4.40. The van der Waals surface area contributed by atoms with Crippen LogP contribution in [0.3, 0.4) is 0 Å². The third-order valence-corrected chi connectivity index (χ3v) is 2.79. The van der Waals surface area contributed by atoms with Crippen molar-refractivity contribution in [2.75, 3.05) is 13.2 Å². The molecular weight excluding hydrogens is 220 g/mol. The lowest BCUT2D eigenvalue weighted by atomic mass is 10.1. The molecule has 0 bridgehead atoms. The first kappa shape index (κ1) is 14.0. The molecular formula is C12H22N2O3. The van der Waals surface area contributed by atoms with Crippen LogP contribution in [-0.4, -0.2) is 42.0 Å². The molecule has 1 aliphatic rings. The maximum absolute atomic E-state index is 12.0. The van der Waals surface area contributed by atoms with Crippen LogP contribution >= 0.6 is 0 Å². The van der Waals surface area contributed by atoms with Crippen LogP contribution in [0.2, 0.25) is 0 Å². The number of hydrogen-bond donors (Lipinski definition) is 1. The van der Waals surface area contributed by atoms with Gasteiger partial charge in [-0.05, 0) is 26.2 Å². The molecule has 98 valence electrons. The third kappa shape index (κ3) is 4.34. The predicted octanol–water partition coefficient (Wildman–Crippen LogP) is 0.668. The lowest BCUT2D eigenvalue weighted by Gasteiger charge is -2.24. The predicted molar refractivity (Wildman–Crippen MR) is 64.3 cm³/mol. The van der Waals surface area contributed by atoms with Gasteiger partial charge >= 0.3 is 5.97 Å². The van der Waals surface area contributed by atoms with Gasteiger partial charge in [-0.1, -0.05) is 13.3 Å². The Morgan fingerprint density at radius 1 is 1.41 bits per heavy atom. The van der Waals surface area contributed by atoms with Crippen molar-refractivity contribution in [3.05, 3.63) is 0 Å². The van der Waals surface area contributed by atoms with Crippen LogP contribution in [0.25, 0.3) is 0 Å². The van der Waals surface area contributed by atoms with Gasteiger partial charge in [0.2, 0.25) is 5.91 Å². The Morgan fingerprint density at radius 2 is 2.06 bits per heavy atom. The lowest BCUT2D eigenvalue weighted by molar-refractivity contribution is -0.149. The number of carbonyl (C=O) groups excluding carboxylic acids is 2. The van der Waals surface area contributed by atoms with Crippen molar-refractivity contribution in [3.63, 3.8) is 0 Å². The third-order valence-electron chi connectivity index (χ3n) is 2.79. The molecule has 0 heterocycles.